The number of ketones is 1. The number of sulfonamides is 1. The van der Waals surface area contributed by atoms with E-state index in [0.29, 0.717) is 0 Å². The molecule has 24 heavy (non-hydrogen) atoms. The van der Waals surface area contributed by atoms with Gasteiger partial charge in [0.1, 0.15) is 11.7 Å². The van der Waals surface area contributed by atoms with E-state index in [1.165, 1.54) is 19.1 Å². The standard InChI is InChI=1S/C18H17NO4S/c1-13(20)17-16(14-8-4-2-5-9-14)12-19(18(17)21)24(22,23)15-10-6-3-7-11-15/h2-11,16-17H,12H2,1H3/t16-,17-/m1/s1. The Morgan fingerprint density at radius 1 is 1.00 bits per heavy atom. The molecule has 0 bridgehead atoms. The van der Waals surface area contributed by atoms with E-state index in [1.54, 1.807) is 18.2 Å². The van der Waals surface area contributed by atoms with E-state index in [4.69, 9.17) is 0 Å². The van der Waals surface area contributed by atoms with E-state index in [2.05, 4.69) is 0 Å². The van der Waals surface area contributed by atoms with Crippen molar-refractivity contribution in [3.05, 3.63) is 66.2 Å². The summed E-state index contributed by atoms with van der Waals surface area (Å²) in [5, 5.41) is 0. The molecule has 1 amide bonds. The van der Waals surface area contributed by atoms with E-state index in [1.807, 2.05) is 30.3 Å². The van der Waals surface area contributed by atoms with Crippen LogP contribution >= 0.6 is 0 Å². The van der Waals surface area contributed by atoms with Crippen molar-refractivity contribution < 1.29 is 18.0 Å². The molecule has 1 aliphatic rings. The third-order valence-electron chi connectivity index (χ3n) is 4.27. The molecule has 5 nitrogen and oxygen atoms in total. The minimum absolute atomic E-state index is 0.0235. The van der Waals surface area contributed by atoms with Crippen LogP contribution in [0.5, 0.6) is 0 Å². The number of amides is 1. The molecule has 1 fully saturated rings. The van der Waals surface area contributed by atoms with E-state index in [0.717, 1.165) is 9.87 Å². The Morgan fingerprint density at radius 2 is 1.54 bits per heavy atom. The van der Waals surface area contributed by atoms with Crippen molar-refractivity contribution in [2.45, 2.75) is 17.7 Å². The summed E-state index contributed by atoms with van der Waals surface area (Å²) in [6.45, 7) is 1.31. The maximum Gasteiger partial charge on any atom is 0.266 e. The molecule has 6 heteroatoms. The fourth-order valence-electron chi connectivity index (χ4n) is 3.09. The molecule has 0 unspecified atom stereocenters. The highest BCUT2D eigenvalue weighted by Gasteiger charge is 2.48. The van der Waals surface area contributed by atoms with Crippen molar-refractivity contribution in [2.75, 3.05) is 6.54 Å². The minimum Gasteiger partial charge on any atom is -0.299 e. The average molecular weight is 343 g/mol. The van der Waals surface area contributed by atoms with Gasteiger partial charge in [-0.3, -0.25) is 9.59 Å². The highest BCUT2D eigenvalue weighted by atomic mass is 32.2. The zero-order valence-electron chi connectivity index (χ0n) is 13.1. The maximum absolute atomic E-state index is 12.8. The summed E-state index contributed by atoms with van der Waals surface area (Å²) in [5.74, 6) is -2.40. The van der Waals surface area contributed by atoms with E-state index in [9.17, 15) is 18.0 Å². The van der Waals surface area contributed by atoms with Crippen molar-refractivity contribution in [2.24, 2.45) is 5.92 Å². The number of hydrogen-bond donors (Lipinski definition) is 0. The van der Waals surface area contributed by atoms with Gasteiger partial charge in [0.05, 0.1) is 4.90 Å². The summed E-state index contributed by atoms with van der Waals surface area (Å²) in [4.78, 5) is 24.7. The summed E-state index contributed by atoms with van der Waals surface area (Å²) < 4.78 is 26.4. The zero-order chi connectivity index (χ0) is 17.3. The van der Waals surface area contributed by atoms with Gasteiger partial charge in [0.15, 0.2) is 0 Å². The minimum atomic E-state index is -3.96. The Kier molecular flexibility index (Phi) is 4.24. The van der Waals surface area contributed by atoms with Crippen LogP contribution < -0.4 is 0 Å². The molecule has 2 aromatic rings. The van der Waals surface area contributed by atoms with Crippen molar-refractivity contribution in [1.82, 2.24) is 4.31 Å². The second kappa shape index (κ2) is 6.20. The quantitative estimate of drug-likeness (QED) is 0.798. The first-order chi connectivity index (χ1) is 11.4. The molecule has 0 aromatic heterocycles. The fraction of sp³-hybridized carbons (Fsp3) is 0.222. The highest BCUT2D eigenvalue weighted by molar-refractivity contribution is 7.89. The third-order valence-corrected chi connectivity index (χ3v) is 6.05. The largest absolute Gasteiger partial charge is 0.299 e. The van der Waals surface area contributed by atoms with Gasteiger partial charge in [0.25, 0.3) is 10.0 Å². The Labute approximate surface area is 141 Å². The smallest absolute Gasteiger partial charge is 0.266 e. The molecule has 2 aromatic carbocycles. The zero-order valence-corrected chi connectivity index (χ0v) is 13.9. The van der Waals surface area contributed by atoms with Crippen molar-refractivity contribution in [1.29, 1.82) is 0 Å². The van der Waals surface area contributed by atoms with Crippen LogP contribution in [0.2, 0.25) is 0 Å². The molecule has 3 rings (SSSR count). The first-order valence-electron chi connectivity index (χ1n) is 7.60. The van der Waals surface area contributed by atoms with E-state index >= 15 is 0 Å². The average Bonchev–Trinajstić information content (AvgIpc) is 2.95. The number of benzene rings is 2. The number of carbonyl (C=O) groups excluding carboxylic acids is 2. The van der Waals surface area contributed by atoms with Gasteiger partial charge in [-0.25, -0.2) is 12.7 Å². The van der Waals surface area contributed by atoms with Crippen LogP contribution in [0.1, 0.15) is 18.4 Å². The van der Waals surface area contributed by atoms with E-state index < -0.39 is 27.8 Å². The summed E-state index contributed by atoms with van der Waals surface area (Å²) in [6, 6.07) is 16.9. The van der Waals surface area contributed by atoms with Gasteiger partial charge in [-0.1, -0.05) is 48.5 Å². The first kappa shape index (κ1) is 16.4. The summed E-state index contributed by atoms with van der Waals surface area (Å²) in [5.41, 5.74) is 0.789. The van der Waals surface area contributed by atoms with Crippen LogP contribution in [0.4, 0.5) is 0 Å². The van der Waals surface area contributed by atoms with Crippen molar-refractivity contribution >= 4 is 21.7 Å². The summed E-state index contributed by atoms with van der Waals surface area (Å²) in [7, 11) is -3.96. The van der Waals surface area contributed by atoms with Gasteiger partial charge in [-0.05, 0) is 24.6 Å². The van der Waals surface area contributed by atoms with Crippen LogP contribution in [-0.4, -0.2) is 31.0 Å². The lowest BCUT2D eigenvalue weighted by Crippen LogP contribution is -2.35. The Bertz CT molecular complexity index is 862. The molecule has 2 atom stereocenters. The van der Waals surface area contributed by atoms with Gasteiger partial charge >= 0.3 is 0 Å². The number of Topliss-reactive ketones (excluding diaryl/α,β-unsaturated/α-hetero) is 1. The Balaban J connectivity index is 2.03. The third kappa shape index (κ3) is 2.73. The molecule has 124 valence electrons. The SMILES string of the molecule is CC(=O)[C@H]1C(=O)N(S(=O)(=O)c2ccccc2)C[C@@H]1c1ccccc1. The molecule has 0 aliphatic carbocycles. The second-order valence-corrected chi connectivity index (χ2v) is 7.66. The number of carbonyl (C=O) groups is 2. The van der Waals surface area contributed by atoms with Crippen LogP contribution in [-0.2, 0) is 19.6 Å². The van der Waals surface area contributed by atoms with Gasteiger partial charge in [-0.2, -0.15) is 0 Å². The summed E-state index contributed by atoms with van der Waals surface area (Å²) >= 11 is 0. The topological polar surface area (TPSA) is 71.5 Å². The molecule has 1 saturated heterocycles. The lowest BCUT2D eigenvalue weighted by atomic mass is 9.86. The highest BCUT2D eigenvalue weighted by Crippen LogP contribution is 2.37. The van der Waals surface area contributed by atoms with Crippen molar-refractivity contribution in [3.63, 3.8) is 0 Å². The fourth-order valence-corrected chi connectivity index (χ4v) is 4.56. The lowest BCUT2D eigenvalue weighted by molar-refractivity contribution is -0.133. The van der Waals surface area contributed by atoms with Gasteiger partial charge in [0, 0.05) is 12.5 Å². The van der Waals surface area contributed by atoms with Gasteiger partial charge in [0.2, 0.25) is 5.91 Å². The number of nitrogens with zero attached hydrogens (tertiary/aromatic N) is 1. The molecule has 0 saturated carbocycles. The predicted octanol–water partition coefficient (Wildman–Crippen LogP) is 2.21. The van der Waals surface area contributed by atoms with Crippen LogP contribution in [0, 0.1) is 5.92 Å². The maximum atomic E-state index is 12.8. The van der Waals surface area contributed by atoms with Crippen molar-refractivity contribution in [3.8, 4) is 0 Å². The normalized spacial score (nSPS) is 21.0. The molecular weight excluding hydrogens is 326 g/mol. The molecule has 1 heterocycles. The first-order valence-corrected chi connectivity index (χ1v) is 9.04. The van der Waals surface area contributed by atoms with Crippen LogP contribution in [0.15, 0.2) is 65.6 Å². The molecular formula is C18H17NO4S. The van der Waals surface area contributed by atoms with E-state index in [-0.39, 0.29) is 17.2 Å². The molecule has 0 N–H and O–H groups in total. The second-order valence-electron chi connectivity index (χ2n) is 5.79. The van der Waals surface area contributed by atoms with Crippen LogP contribution in [0.25, 0.3) is 0 Å². The molecule has 0 radical (unpaired) electrons. The van der Waals surface area contributed by atoms with Gasteiger partial charge in [-0.15, -0.1) is 0 Å². The Hall–Kier alpha value is -2.47. The van der Waals surface area contributed by atoms with Gasteiger partial charge < -0.3 is 0 Å². The Morgan fingerprint density at radius 3 is 2.08 bits per heavy atom. The monoisotopic (exact) mass is 343 g/mol. The number of hydrogen-bond acceptors (Lipinski definition) is 4. The predicted molar refractivity (Wildman–Crippen MR) is 88.7 cm³/mol. The number of rotatable bonds is 4. The molecule has 0 spiro atoms. The molecule has 1 aliphatic heterocycles. The lowest BCUT2D eigenvalue weighted by Gasteiger charge is -2.17. The summed E-state index contributed by atoms with van der Waals surface area (Å²) in [6.07, 6.45) is 0. The van der Waals surface area contributed by atoms with Crippen LogP contribution in [0.3, 0.4) is 0 Å².